The number of nitrogens with zero attached hydrogens (tertiary/aromatic N) is 2. The Morgan fingerprint density at radius 2 is 2.19 bits per heavy atom. The van der Waals surface area contributed by atoms with Crippen LogP contribution in [0.4, 0.5) is 5.82 Å². The summed E-state index contributed by atoms with van der Waals surface area (Å²) in [6, 6.07) is -0.193. The van der Waals surface area contributed by atoms with Crippen molar-refractivity contribution in [1.29, 1.82) is 0 Å². The highest BCUT2D eigenvalue weighted by Crippen LogP contribution is 2.30. The van der Waals surface area contributed by atoms with Gasteiger partial charge in [0.2, 0.25) is 0 Å². The van der Waals surface area contributed by atoms with Gasteiger partial charge in [-0.25, -0.2) is 9.48 Å². The first-order valence-electron chi connectivity index (χ1n) is 5.35. The molecule has 1 aromatic heterocycles. The van der Waals surface area contributed by atoms with E-state index >= 15 is 0 Å². The van der Waals surface area contributed by atoms with Gasteiger partial charge in [-0.2, -0.15) is 5.10 Å². The maximum atomic E-state index is 10.8. The van der Waals surface area contributed by atoms with Crippen LogP contribution >= 0.6 is 0 Å². The van der Waals surface area contributed by atoms with Gasteiger partial charge in [-0.3, -0.25) is 0 Å². The van der Waals surface area contributed by atoms with Crippen molar-refractivity contribution in [3.05, 3.63) is 11.8 Å². The van der Waals surface area contributed by atoms with E-state index in [0.717, 1.165) is 19.3 Å². The summed E-state index contributed by atoms with van der Waals surface area (Å²) in [5.41, 5.74) is 5.70. The predicted octanol–water partition coefficient (Wildman–Crippen LogP) is 0.639. The van der Waals surface area contributed by atoms with Gasteiger partial charge in [0, 0.05) is 0 Å². The molecule has 1 heterocycles. The van der Waals surface area contributed by atoms with E-state index in [1.54, 1.807) is 0 Å². The smallest absolute Gasteiger partial charge is 0.341 e. The number of aliphatic hydroxyl groups is 1. The maximum absolute atomic E-state index is 10.8. The molecular weight excluding hydrogens is 210 g/mol. The number of hydrogen-bond donors (Lipinski definition) is 3. The number of aliphatic hydroxyl groups excluding tert-OH is 1. The van der Waals surface area contributed by atoms with E-state index in [0.29, 0.717) is 6.42 Å². The van der Waals surface area contributed by atoms with Crippen molar-refractivity contribution in [2.75, 3.05) is 5.73 Å². The SMILES string of the molecule is Nc1c(C(=O)O)cnn1C1CCCCC1O. The van der Waals surface area contributed by atoms with E-state index in [-0.39, 0.29) is 17.4 Å². The van der Waals surface area contributed by atoms with Crippen molar-refractivity contribution in [3.8, 4) is 0 Å². The molecule has 1 fully saturated rings. The van der Waals surface area contributed by atoms with Crippen LogP contribution in [0.15, 0.2) is 6.20 Å². The quantitative estimate of drug-likeness (QED) is 0.685. The lowest BCUT2D eigenvalue weighted by Crippen LogP contribution is -2.29. The molecule has 1 aliphatic carbocycles. The summed E-state index contributed by atoms with van der Waals surface area (Å²) in [6.45, 7) is 0. The van der Waals surface area contributed by atoms with Crippen LogP contribution in [-0.4, -0.2) is 32.1 Å². The minimum Gasteiger partial charge on any atom is -0.477 e. The Morgan fingerprint density at radius 3 is 2.75 bits per heavy atom. The minimum absolute atomic E-state index is 0.00206. The molecule has 1 aliphatic rings. The van der Waals surface area contributed by atoms with Crippen LogP contribution in [0.25, 0.3) is 0 Å². The first-order valence-corrected chi connectivity index (χ1v) is 5.35. The average molecular weight is 225 g/mol. The van der Waals surface area contributed by atoms with E-state index in [9.17, 15) is 9.90 Å². The summed E-state index contributed by atoms with van der Waals surface area (Å²) in [6.07, 6.45) is 4.24. The lowest BCUT2D eigenvalue weighted by atomic mass is 9.93. The van der Waals surface area contributed by atoms with Crippen molar-refractivity contribution in [3.63, 3.8) is 0 Å². The number of hydrogen-bond acceptors (Lipinski definition) is 4. The maximum Gasteiger partial charge on any atom is 0.341 e. The number of carboxylic acids is 1. The van der Waals surface area contributed by atoms with E-state index in [1.807, 2.05) is 0 Å². The van der Waals surface area contributed by atoms with E-state index in [1.165, 1.54) is 10.9 Å². The van der Waals surface area contributed by atoms with Crippen LogP contribution < -0.4 is 5.73 Å². The zero-order chi connectivity index (χ0) is 11.7. The minimum atomic E-state index is -1.09. The molecule has 1 saturated carbocycles. The van der Waals surface area contributed by atoms with Gasteiger partial charge in [0.05, 0.1) is 18.3 Å². The highest BCUT2D eigenvalue weighted by Gasteiger charge is 2.28. The van der Waals surface area contributed by atoms with Crippen molar-refractivity contribution in [2.45, 2.75) is 37.8 Å². The molecule has 0 aromatic carbocycles. The molecule has 0 radical (unpaired) electrons. The summed E-state index contributed by atoms with van der Waals surface area (Å²) >= 11 is 0. The summed E-state index contributed by atoms with van der Waals surface area (Å²) in [7, 11) is 0. The first-order chi connectivity index (χ1) is 7.61. The molecule has 2 unspecified atom stereocenters. The Labute approximate surface area is 92.7 Å². The molecule has 6 heteroatoms. The van der Waals surface area contributed by atoms with Gasteiger partial charge in [0.15, 0.2) is 0 Å². The van der Waals surface area contributed by atoms with Crippen molar-refractivity contribution < 1.29 is 15.0 Å². The molecule has 6 nitrogen and oxygen atoms in total. The molecule has 0 amide bonds. The zero-order valence-corrected chi connectivity index (χ0v) is 8.83. The predicted molar refractivity (Wildman–Crippen MR) is 57.1 cm³/mol. The van der Waals surface area contributed by atoms with Gasteiger partial charge < -0.3 is 15.9 Å². The van der Waals surface area contributed by atoms with Gasteiger partial charge in [0.1, 0.15) is 11.4 Å². The molecule has 2 rings (SSSR count). The van der Waals surface area contributed by atoms with Gasteiger partial charge in [-0.1, -0.05) is 12.8 Å². The lowest BCUT2D eigenvalue weighted by Gasteiger charge is -2.28. The second-order valence-electron chi connectivity index (χ2n) is 4.11. The Morgan fingerprint density at radius 1 is 1.50 bits per heavy atom. The third-order valence-corrected chi connectivity index (χ3v) is 3.07. The van der Waals surface area contributed by atoms with Crippen molar-refractivity contribution in [1.82, 2.24) is 9.78 Å². The summed E-state index contributed by atoms with van der Waals surface area (Å²) in [5, 5.41) is 22.6. The molecule has 16 heavy (non-hydrogen) atoms. The summed E-state index contributed by atoms with van der Waals surface area (Å²) < 4.78 is 1.44. The largest absolute Gasteiger partial charge is 0.477 e. The highest BCUT2D eigenvalue weighted by molar-refractivity contribution is 5.92. The van der Waals surface area contributed by atoms with Crippen LogP contribution in [0.5, 0.6) is 0 Å². The number of anilines is 1. The highest BCUT2D eigenvalue weighted by atomic mass is 16.4. The lowest BCUT2D eigenvalue weighted by molar-refractivity contribution is 0.0682. The number of nitrogens with two attached hydrogens (primary N) is 1. The van der Waals surface area contributed by atoms with Crippen molar-refractivity contribution >= 4 is 11.8 Å². The van der Waals surface area contributed by atoms with Crippen LogP contribution in [0.3, 0.4) is 0 Å². The van der Waals surface area contributed by atoms with E-state index in [4.69, 9.17) is 10.8 Å². The van der Waals surface area contributed by atoms with Gasteiger partial charge in [-0.05, 0) is 12.8 Å². The number of carboxylic acid groups (broad SMARTS) is 1. The van der Waals surface area contributed by atoms with Crippen LogP contribution in [-0.2, 0) is 0 Å². The molecule has 4 N–H and O–H groups in total. The Bertz CT molecular complexity index is 402. The topological polar surface area (TPSA) is 101 Å². The summed E-state index contributed by atoms with van der Waals surface area (Å²) in [5.74, 6) is -0.965. The molecule has 1 aromatic rings. The van der Waals surface area contributed by atoms with Crippen LogP contribution in [0.2, 0.25) is 0 Å². The molecule has 2 atom stereocenters. The fraction of sp³-hybridized carbons (Fsp3) is 0.600. The fourth-order valence-electron chi connectivity index (χ4n) is 2.18. The van der Waals surface area contributed by atoms with Gasteiger partial charge in [-0.15, -0.1) is 0 Å². The first kappa shape index (κ1) is 10.9. The number of aromatic nitrogens is 2. The van der Waals surface area contributed by atoms with Crippen LogP contribution in [0, 0.1) is 0 Å². The average Bonchev–Trinajstić information content (AvgIpc) is 2.61. The van der Waals surface area contributed by atoms with E-state index in [2.05, 4.69) is 5.10 Å². The molecule has 0 bridgehead atoms. The van der Waals surface area contributed by atoms with Crippen molar-refractivity contribution in [2.24, 2.45) is 0 Å². The second-order valence-corrected chi connectivity index (χ2v) is 4.11. The Kier molecular flexibility index (Phi) is 2.82. The number of nitrogen functional groups attached to an aromatic ring is 1. The fourth-order valence-corrected chi connectivity index (χ4v) is 2.18. The second kappa shape index (κ2) is 4.13. The molecule has 88 valence electrons. The zero-order valence-electron chi connectivity index (χ0n) is 8.83. The summed E-state index contributed by atoms with van der Waals surface area (Å²) in [4.78, 5) is 10.8. The third kappa shape index (κ3) is 1.76. The molecule has 0 saturated heterocycles. The Balaban J connectivity index is 2.29. The van der Waals surface area contributed by atoms with Gasteiger partial charge >= 0.3 is 5.97 Å². The molecule has 0 aliphatic heterocycles. The molecular formula is C10H15N3O3. The normalized spacial score (nSPS) is 25.6. The Hall–Kier alpha value is -1.56. The van der Waals surface area contributed by atoms with Crippen LogP contribution in [0.1, 0.15) is 42.1 Å². The molecule has 0 spiro atoms. The number of aromatic carboxylic acids is 1. The third-order valence-electron chi connectivity index (χ3n) is 3.07. The standard InChI is InChI=1S/C10H15N3O3/c11-9-6(10(15)16)5-12-13(9)7-3-1-2-4-8(7)14/h5,7-8,14H,1-4,11H2,(H,15,16). The number of carbonyl (C=O) groups is 1. The number of rotatable bonds is 2. The van der Waals surface area contributed by atoms with Gasteiger partial charge in [0.25, 0.3) is 0 Å². The monoisotopic (exact) mass is 225 g/mol. The van der Waals surface area contributed by atoms with E-state index < -0.39 is 12.1 Å².